The van der Waals surface area contributed by atoms with Crippen LogP contribution in [-0.2, 0) is 25.8 Å². The summed E-state index contributed by atoms with van der Waals surface area (Å²) in [4.78, 5) is 16.3. The largest absolute Gasteiger partial charge is 0.371 e. The predicted molar refractivity (Wildman–Crippen MR) is 105 cm³/mol. The molecule has 0 spiro atoms. The van der Waals surface area contributed by atoms with E-state index in [0.29, 0.717) is 10.5 Å². The summed E-state index contributed by atoms with van der Waals surface area (Å²) < 4.78 is 5.85. The van der Waals surface area contributed by atoms with E-state index < -0.39 is 0 Å². The smallest absolute Gasteiger partial charge is 0.228 e. The van der Waals surface area contributed by atoms with Gasteiger partial charge in [-0.3, -0.25) is 4.79 Å². The van der Waals surface area contributed by atoms with Gasteiger partial charge in [0.2, 0.25) is 5.91 Å². The van der Waals surface area contributed by atoms with E-state index in [9.17, 15) is 4.79 Å². The Bertz CT molecular complexity index is 613. The van der Waals surface area contributed by atoms with Gasteiger partial charge in [0.25, 0.3) is 0 Å². The number of carbonyl (C=O) groups is 1. The number of hydrogen-bond acceptors (Lipinski definition) is 2. The van der Waals surface area contributed by atoms with Crippen molar-refractivity contribution in [2.45, 2.75) is 62.4 Å². The lowest BCUT2D eigenvalue weighted by atomic mass is 9.87. The summed E-state index contributed by atoms with van der Waals surface area (Å²) in [7, 11) is 0.178. The van der Waals surface area contributed by atoms with Gasteiger partial charge in [-0.25, -0.2) is 0 Å². The Morgan fingerprint density at radius 3 is 1.96 bits per heavy atom. The first kappa shape index (κ1) is 18.8. The zero-order valence-electron chi connectivity index (χ0n) is 16.5. The van der Waals surface area contributed by atoms with Crippen LogP contribution in [0.2, 0.25) is 0 Å². The number of hydrogen-bond donors (Lipinski definition) is 0. The van der Waals surface area contributed by atoms with Crippen molar-refractivity contribution < 1.29 is 9.53 Å². The summed E-state index contributed by atoms with van der Waals surface area (Å²) in [6.45, 7) is 16.0. The maximum Gasteiger partial charge on any atom is 0.228 e. The lowest BCUT2D eigenvalue weighted by Crippen LogP contribution is -2.61. The minimum absolute atomic E-state index is 0.178. The van der Waals surface area contributed by atoms with E-state index in [-0.39, 0.29) is 27.6 Å². The van der Waals surface area contributed by atoms with Crippen LogP contribution in [-0.4, -0.2) is 47.6 Å². The molecule has 0 radical (unpaired) electrons. The Morgan fingerprint density at radius 1 is 1.00 bits per heavy atom. The van der Waals surface area contributed by atoms with E-state index in [1.165, 1.54) is 10.5 Å². The maximum atomic E-state index is 12.7. The summed E-state index contributed by atoms with van der Waals surface area (Å²) in [6, 6.07) is 9.20. The third-order valence-electron chi connectivity index (χ3n) is 5.10. The van der Waals surface area contributed by atoms with E-state index >= 15 is 0 Å². The molecule has 3 nitrogen and oxygen atoms in total. The fourth-order valence-corrected chi connectivity index (χ4v) is 6.65. The van der Waals surface area contributed by atoms with Gasteiger partial charge < -0.3 is 9.64 Å². The molecule has 0 aliphatic carbocycles. The average molecular weight is 363 g/mol. The van der Waals surface area contributed by atoms with Crippen molar-refractivity contribution in [1.82, 2.24) is 4.90 Å². The van der Waals surface area contributed by atoms with Gasteiger partial charge in [-0.05, 0) is 23.1 Å². The molecule has 2 unspecified atom stereocenters. The van der Waals surface area contributed by atoms with Crippen LogP contribution in [0.1, 0.15) is 47.1 Å². The van der Waals surface area contributed by atoms with E-state index in [2.05, 4.69) is 49.9 Å². The maximum absolute atomic E-state index is 12.7. The first-order chi connectivity index (χ1) is 11.6. The van der Waals surface area contributed by atoms with Crippen LogP contribution in [0.25, 0.3) is 0 Å². The molecule has 2 fully saturated rings. The molecule has 2 atom stereocenters. The molecule has 2 aliphatic rings. The summed E-state index contributed by atoms with van der Waals surface area (Å²) >= 11 is 0. The number of carbonyl (C=O) groups excluding carboxylic acids is 1. The Morgan fingerprint density at radius 2 is 1.52 bits per heavy atom. The standard InChI is InChI=1S/C21H32NO2S/c1-20(2,3)15-7-9-16(10-8-15)25-17-11-22(19(23)21(4,5)6)12-18(25)14-24-13-17/h7-10,17-18H,11-14H2,1-6H3/q+1. The summed E-state index contributed by atoms with van der Waals surface area (Å²) in [6.07, 6.45) is 0. The molecule has 25 heavy (non-hydrogen) atoms. The molecule has 0 aromatic heterocycles. The van der Waals surface area contributed by atoms with Gasteiger partial charge in [0.1, 0.15) is 0 Å². The van der Waals surface area contributed by atoms with Crippen molar-refractivity contribution in [3.05, 3.63) is 29.8 Å². The first-order valence-electron chi connectivity index (χ1n) is 9.27. The molecular formula is C21H32NO2S+. The lowest BCUT2D eigenvalue weighted by Gasteiger charge is -2.42. The van der Waals surface area contributed by atoms with Crippen LogP contribution in [0.4, 0.5) is 0 Å². The number of nitrogens with zero attached hydrogens (tertiary/aromatic N) is 1. The molecule has 1 aromatic rings. The minimum Gasteiger partial charge on any atom is -0.371 e. The highest BCUT2D eigenvalue weighted by Gasteiger charge is 2.51. The van der Waals surface area contributed by atoms with E-state index in [1.807, 2.05) is 20.8 Å². The van der Waals surface area contributed by atoms with Crippen LogP contribution in [0.3, 0.4) is 0 Å². The molecule has 2 aliphatic heterocycles. The summed E-state index contributed by atoms with van der Waals surface area (Å²) in [5, 5.41) is 0.860. The molecule has 3 rings (SSSR count). The van der Waals surface area contributed by atoms with E-state index in [4.69, 9.17) is 4.74 Å². The van der Waals surface area contributed by atoms with Crippen LogP contribution in [0, 0.1) is 5.41 Å². The fourth-order valence-electron chi connectivity index (χ4n) is 3.72. The molecule has 2 heterocycles. The van der Waals surface area contributed by atoms with Crippen LogP contribution < -0.4 is 0 Å². The zero-order valence-corrected chi connectivity index (χ0v) is 17.3. The van der Waals surface area contributed by atoms with Crippen molar-refractivity contribution in [1.29, 1.82) is 0 Å². The first-order valence-corrected chi connectivity index (χ1v) is 10.6. The highest BCUT2D eigenvalue weighted by atomic mass is 32.2. The monoisotopic (exact) mass is 362 g/mol. The molecular weight excluding hydrogens is 330 g/mol. The van der Waals surface area contributed by atoms with Crippen LogP contribution in [0.15, 0.2) is 29.2 Å². The van der Waals surface area contributed by atoms with Crippen molar-refractivity contribution in [2.24, 2.45) is 5.41 Å². The zero-order chi connectivity index (χ0) is 18.4. The molecule has 2 saturated heterocycles. The van der Waals surface area contributed by atoms with E-state index in [1.54, 1.807) is 0 Å². The van der Waals surface area contributed by atoms with Crippen LogP contribution in [0.5, 0.6) is 0 Å². The highest BCUT2D eigenvalue weighted by Crippen LogP contribution is 2.35. The summed E-state index contributed by atoms with van der Waals surface area (Å²) in [5.41, 5.74) is 1.26. The van der Waals surface area contributed by atoms with Gasteiger partial charge in [0.05, 0.1) is 26.3 Å². The molecule has 0 N–H and O–H groups in total. The Kier molecular flexibility index (Phi) is 4.97. The number of ether oxygens (including phenoxy) is 1. The third-order valence-corrected chi connectivity index (χ3v) is 7.92. The average Bonchev–Trinajstić information content (AvgIpc) is 2.51. The number of amides is 1. The van der Waals surface area contributed by atoms with Gasteiger partial charge in [0, 0.05) is 16.3 Å². The molecule has 1 aromatic carbocycles. The van der Waals surface area contributed by atoms with E-state index in [0.717, 1.165) is 26.3 Å². The highest BCUT2D eigenvalue weighted by molar-refractivity contribution is 7.98. The van der Waals surface area contributed by atoms with Gasteiger partial charge in [-0.2, -0.15) is 0 Å². The Labute approximate surface area is 155 Å². The Hall–Kier alpha value is -1.00. The number of rotatable bonds is 1. The SMILES string of the molecule is CC(C)(C)C(=O)N1CC2COCC(C1)[S+]2c1ccc(C(C)(C)C)cc1. The second-order valence-corrected chi connectivity index (χ2v) is 11.9. The van der Waals surface area contributed by atoms with Gasteiger partial charge in [0.15, 0.2) is 15.4 Å². The topological polar surface area (TPSA) is 29.5 Å². The quantitative estimate of drug-likeness (QED) is 0.714. The third kappa shape index (κ3) is 3.90. The van der Waals surface area contributed by atoms with Gasteiger partial charge >= 0.3 is 0 Å². The number of fused-ring (bicyclic) bond motifs is 2. The van der Waals surface area contributed by atoms with Crippen molar-refractivity contribution in [3.8, 4) is 0 Å². The van der Waals surface area contributed by atoms with Crippen molar-refractivity contribution >= 4 is 16.8 Å². The molecule has 1 amide bonds. The molecule has 2 bridgehead atoms. The lowest BCUT2D eigenvalue weighted by molar-refractivity contribution is -0.140. The van der Waals surface area contributed by atoms with Crippen molar-refractivity contribution in [3.63, 3.8) is 0 Å². The normalized spacial score (nSPS) is 27.3. The van der Waals surface area contributed by atoms with Crippen molar-refractivity contribution in [2.75, 3.05) is 26.3 Å². The fraction of sp³-hybridized carbons (Fsp3) is 0.667. The molecule has 138 valence electrons. The molecule has 4 heteroatoms. The number of benzene rings is 1. The minimum atomic E-state index is -0.306. The second-order valence-electron chi connectivity index (χ2n) is 9.39. The predicted octanol–water partition coefficient (Wildman–Crippen LogP) is 3.62. The summed E-state index contributed by atoms with van der Waals surface area (Å²) in [5.74, 6) is 0.274. The Balaban J connectivity index is 1.81. The van der Waals surface area contributed by atoms with Crippen LogP contribution >= 0.6 is 0 Å². The molecule has 0 saturated carbocycles. The van der Waals surface area contributed by atoms with Gasteiger partial charge in [-0.15, -0.1) is 0 Å². The van der Waals surface area contributed by atoms with Gasteiger partial charge in [-0.1, -0.05) is 53.7 Å². The second kappa shape index (κ2) is 6.62.